The Bertz CT molecular complexity index is 1100. The molecule has 2 aromatic carbocycles. The van der Waals surface area contributed by atoms with Crippen LogP contribution in [0, 0.1) is 0 Å². The number of para-hydroxylation sites is 1. The second-order valence-corrected chi connectivity index (χ2v) is 6.61. The highest BCUT2D eigenvalue weighted by Crippen LogP contribution is 2.32. The molecule has 0 unspecified atom stereocenters. The van der Waals surface area contributed by atoms with E-state index in [0.717, 1.165) is 4.68 Å². The van der Waals surface area contributed by atoms with Crippen LogP contribution in [0.15, 0.2) is 65.5 Å². The number of aliphatic hydroxyl groups excluding tert-OH is 1. The number of primary amides is 1. The fraction of sp³-hybridized carbons (Fsp3) is 0.190. The van der Waals surface area contributed by atoms with Crippen molar-refractivity contribution in [2.45, 2.75) is 18.8 Å². The molecule has 29 heavy (non-hydrogen) atoms. The van der Waals surface area contributed by atoms with Gasteiger partial charge in [-0.3, -0.25) is 9.59 Å². The lowest BCUT2D eigenvalue weighted by atomic mass is 9.90. The molecule has 1 heterocycles. The van der Waals surface area contributed by atoms with Crippen molar-refractivity contribution >= 4 is 5.91 Å². The molecule has 0 radical (unpaired) electrons. The molecule has 0 aliphatic carbocycles. The first-order valence-electron chi connectivity index (χ1n) is 8.83. The minimum absolute atomic E-state index is 0.125. The summed E-state index contributed by atoms with van der Waals surface area (Å²) in [5.41, 5.74) is 5.63. The number of aromatic nitrogens is 2. The van der Waals surface area contributed by atoms with E-state index >= 15 is 0 Å². The van der Waals surface area contributed by atoms with Crippen LogP contribution in [0.5, 0.6) is 0 Å². The van der Waals surface area contributed by atoms with E-state index in [1.165, 1.54) is 24.3 Å². The number of rotatable bonds is 6. The third kappa shape index (κ3) is 4.07. The number of carbonyl (C=O) groups is 1. The summed E-state index contributed by atoms with van der Waals surface area (Å²) in [6.45, 7) is 0.331. The summed E-state index contributed by atoms with van der Waals surface area (Å²) in [5, 5.41) is 13.0. The number of aliphatic hydroxyl groups is 1. The summed E-state index contributed by atoms with van der Waals surface area (Å²) >= 11 is 0. The maximum absolute atomic E-state index is 13.9. The third-order valence-corrected chi connectivity index (χ3v) is 4.67. The van der Waals surface area contributed by atoms with Crippen molar-refractivity contribution < 1.29 is 18.7 Å². The van der Waals surface area contributed by atoms with Gasteiger partial charge in [-0.05, 0) is 29.3 Å². The van der Waals surface area contributed by atoms with Crippen LogP contribution in [-0.2, 0) is 5.92 Å². The van der Waals surface area contributed by atoms with Gasteiger partial charge >= 0.3 is 0 Å². The summed E-state index contributed by atoms with van der Waals surface area (Å²) < 4.78 is 28.8. The Morgan fingerprint density at radius 2 is 1.86 bits per heavy atom. The molecule has 0 spiro atoms. The number of hydrogen-bond acceptors (Lipinski definition) is 4. The number of nitrogens with two attached hydrogens (primary N) is 1. The van der Waals surface area contributed by atoms with E-state index in [1.807, 2.05) is 0 Å². The molecule has 3 N–H and O–H groups in total. The van der Waals surface area contributed by atoms with Gasteiger partial charge in [0.2, 0.25) is 0 Å². The van der Waals surface area contributed by atoms with Gasteiger partial charge in [-0.25, -0.2) is 0 Å². The first-order chi connectivity index (χ1) is 13.7. The van der Waals surface area contributed by atoms with Gasteiger partial charge in [-0.2, -0.15) is 18.6 Å². The zero-order valence-corrected chi connectivity index (χ0v) is 15.5. The van der Waals surface area contributed by atoms with Crippen molar-refractivity contribution in [2.75, 3.05) is 6.61 Å². The zero-order valence-electron chi connectivity index (χ0n) is 15.5. The zero-order chi connectivity index (χ0) is 21.2. The lowest BCUT2D eigenvalue weighted by Crippen LogP contribution is -2.28. The number of benzene rings is 2. The van der Waals surface area contributed by atoms with Crippen molar-refractivity contribution in [1.82, 2.24) is 9.78 Å². The second-order valence-electron chi connectivity index (χ2n) is 6.61. The molecule has 3 aromatic rings. The number of amides is 1. The standard InChI is InChI=1S/C21H19F2N3O3/c1-13(14-6-5-7-15(10-14)21(22,23)12-27)17-11-18(28)26(25-19(17)20(24)29)16-8-3-2-4-9-16/h2-11,13,27H,12H2,1H3,(H2,24,29)/t13-/m1/s1. The molecular formula is C21H19F2N3O3. The van der Waals surface area contributed by atoms with E-state index in [2.05, 4.69) is 5.10 Å². The molecule has 1 atom stereocenters. The second kappa shape index (κ2) is 7.92. The fourth-order valence-corrected chi connectivity index (χ4v) is 3.05. The maximum atomic E-state index is 13.9. The molecule has 0 bridgehead atoms. The number of nitrogens with zero attached hydrogens (tertiary/aromatic N) is 2. The monoisotopic (exact) mass is 399 g/mol. The highest BCUT2D eigenvalue weighted by molar-refractivity contribution is 5.92. The van der Waals surface area contributed by atoms with Gasteiger partial charge in [0.15, 0.2) is 5.69 Å². The lowest BCUT2D eigenvalue weighted by molar-refractivity contribution is -0.0556. The van der Waals surface area contributed by atoms with E-state index in [4.69, 9.17) is 10.8 Å². The number of hydrogen-bond donors (Lipinski definition) is 2. The van der Waals surface area contributed by atoms with Gasteiger partial charge in [-0.15, -0.1) is 0 Å². The molecular weight excluding hydrogens is 380 g/mol. The molecule has 3 rings (SSSR count). The van der Waals surface area contributed by atoms with Crippen molar-refractivity contribution in [3.05, 3.63) is 93.4 Å². The van der Waals surface area contributed by atoms with E-state index < -0.39 is 29.9 Å². The van der Waals surface area contributed by atoms with Crippen molar-refractivity contribution in [1.29, 1.82) is 0 Å². The van der Waals surface area contributed by atoms with Crippen molar-refractivity contribution in [2.24, 2.45) is 5.73 Å². The molecule has 1 amide bonds. The third-order valence-electron chi connectivity index (χ3n) is 4.67. The van der Waals surface area contributed by atoms with Gasteiger partial charge in [0.25, 0.3) is 17.4 Å². The Hall–Kier alpha value is -3.39. The summed E-state index contributed by atoms with van der Waals surface area (Å²) in [6.07, 6.45) is 0. The van der Waals surface area contributed by atoms with Gasteiger partial charge < -0.3 is 10.8 Å². The van der Waals surface area contributed by atoms with Crippen LogP contribution >= 0.6 is 0 Å². The topological polar surface area (TPSA) is 98.2 Å². The SMILES string of the molecule is C[C@H](c1cccc(C(F)(F)CO)c1)c1cc(=O)n(-c2ccccc2)nc1C(N)=O. The Kier molecular flexibility index (Phi) is 5.56. The molecule has 1 aromatic heterocycles. The minimum Gasteiger partial charge on any atom is -0.390 e. The number of alkyl halides is 2. The Morgan fingerprint density at radius 1 is 1.17 bits per heavy atom. The molecule has 0 aliphatic heterocycles. The van der Waals surface area contributed by atoms with E-state index in [1.54, 1.807) is 43.3 Å². The highest BCUT2D eigenvalue weighted by Gasteiger charge is 2.31. The van der Waals surface area contributed by atoms with Crippen LogP contribution in [-0.4, -0.2) is 27.4 Å². The van der Waals surface area contributed by atoms with Gasteiger partial charge in [0.05, 0.1) is 5.69 Å². The van der Waals surface area contributed by atoms with Crippen LogP contribution in [0.1, 0.15) is 40.0 Å². The minimum atomic E-state index is -3.41. The largest absolute Gasteiger partial charge is 0.390 e. The van der Waals surface area contributed by atoms with Crippen LogP contribution in [0.4, 0.5) is 8.78 Å². The van der Waals surface area contributed by atoms with Gasteiger partial charge in [0, 0.05) is 17.5 Å². The molecule has 0 saturated heterocycles. The predicted octanol–water partition coefficient (Wildman–Crippen LogP) is 2.57. The smallest absolute Gasteiger partial charge is 0.295 e. The molecule has 6 nitrogen and oxygen atoms in total. The molecule has 0 saturated carbocycles. The fourth-order valence-electron chi connectivity index (χ4n) is 3.05. The Balaban J connectivity index is 2.11. The Morgan fingerprint density at radius 3 is 2.48 bits per heavy atom. The molecule has 0 fully saturated rings. The first kappa shape index (κ1) is 20.3. The van der Waals surface area contributed by atoms with Crippen molar-refractivity contribution in [3.8, 4) is 5.69 Å². The predicted molar refractivity (Wildman–Crippen MR) is 103 cm³/mol. The van der Waals surface area contributed by atoms with Crippen LogP contribution in [0.3, 0.4) is 0 Å². The molecule has 0 aliphatic rings. The van der Waals surface area contributed by atoms with E-state index in [-0.39, 0.29) is 16.8 Å². The quantitative estimate of drug-likeness (QED) is 0.666. The highest BCUT2D eigenvalue weighted by atomic mass is 19.3. The lowest BCUT2D eigenvalue weighted by Gasteiger charge is -2.19. The van der Waals surface area contributed by atoms with Crippen molar-refractivity contribution in [3.63, 3.8) is 0 Å². The van der Waals surface area contributed by atoms with E-state index in [0.29, 0.717) is 11.3 Å². The maximum Gasteiger partial charge on any atom is 0.295 e. The van der Waals surface area contributed by atoms with Gasteiger partial charge in [0.1, 0.15) is 6.61 Å². The summed E-state index contributed by atoms with van der Waals surface area (Å²) in [7, 11) is 0. The van der Waals surface area contributed by atoms with Crippen LogP contribution < -0.4 is 11.3 Å². The average Bonchev–Trinajstić information content (AvgIpc) is 2.73. The summed E-state index contributed by atoms with van der Waals surface area (Å²) in [4.78, 5) is 24.6. The average molecular weight is 399 g/mol. The molecule has 150 valence electrons. The number of halogens is 2. The van der Waals surface area contributed by atoms with Crippen LogP contribution in [0.2, 0.25) is 0 Å². The van der Waals surface area contributed by atoms with Gasteiger partial charge in [-0.1, -0.05) is 43.3 Å². The number of carbonyl (C=O) groups excluding carboxylic acids is 1. The van der Waals surface area contributed by atoms with E-state index in [9.17, 15) is 18.4 Å². The molecule has 8 heteroatoms. The summed E-state index contributed by atoms with van der Waals surface area (Å²) in [6, 6.07) is 15.2. The van der Waals surface area contributed by atoms with Crippen LogP contribution in [0.25, 0.3) is 5.69 Å². The normalized spacial score (nSPS) is 12.6. The first-order valence-corrected chi connectivity index (χ1v) is 8.83. The summed E-state index contributed by atoms with van der Waals surface area (Å²) in [5.74, 6) is -4.86. The Labute approximate surface area is 165 Å².